The molecule has 3 rings (SSSR count). The van der Waals surface area contributed by atoms with Gasteiger partial charge in [0.05, 0.1) is 11.4 Å². The molecular formula is C15H14N4O2. The van der Waals surface area contributed by atoms with Gasteiger partial charge in [0.1, 0.15) is 11.5 Å². The van der Waals surface area contributed by atoms with Crippen LogP contribution in [0.15, 0.2) is 47.0 Å². The summed E-state index contributed by atoms with van der Waals surface area (Å²) in [5.74, 6) is 0.738. The molecule has 1 N–H and O–H groups in total. The highest BCUT2D eigenvalue weighted by atomic mass is 16.5. The molecule has 0 radical (unpaired) electrons. The minimum atomic E-state index is -0.284. The smallest absolute Gasteiger partial charge is 0.275 e. The fraction of sp³-hybridized carbons (Fsp3) is 0.133. The summed E-state index contributed by atoms with van der Waals surface area (Å²) in [7, 11) is 0. The van der Waals surface area contributed by atoms with E-state index in [0.29, 0.717) is 17.3 Å². The maximum atomic E-state index is 12.4. The fourth-order valence-electron chi connectivity index (χ4n) is 2.03. The number of aromatic nitrogens is 3. The Balaban J connectivity index is 1.93. The van der Waals surface area contributed by atoms with E-state index in [4.69, 9.17) is 4.52 Å². The Hall–Kier alpha value is -2.89. The third-order valence-corrected chi connectivity index (χ3v) is 2.93. The van der Waals surface area contributed by atoms with Crippen LogP contribution in [0.4, 0.5) is 5.82 Å². The number of para-hydroxylation sites is 1. The maximum Gasteiger partial charge on any atom is 0.275 e. The lowest BCUT2D eigenvalue weighted by molar-refractivity contribution is 0.101. The van der Waals surface area contributed by atoms with Crippen molar-refractivity contribution in [2.75, 3.05) is 5.32 Å². The molecule has 0 saturated carbocycles. The quantitative estimate of drug-likeness (QED) is 0.801. The molecule has 1 amide bonds. The third-order valence-electron chi connectivity index (χ3n) is 2.93. The van der Waals surface area contributed by atoms with Crippen molar-refractivity contribution in [3.05, 3.63) is 59.6 Å². The normalized spacial score (nSPS) is 10.6. The fourth-order valence-corrected chi connectivity index (χ4v) is 2.03. The van der Waals surface area contributed by atoms with Crippen molar-refractivity contribution in [3.8, 4) is 5.69 Å². The van der Waals surface area contributed by atoms with Gasteiger partial charge in [-0.05, 0) is 32.0 Å². The SMILES string of the molecule is Cc1cc(C(=O)Nc2cc(C)on2)n(-c2ccccc2)n1. The van der Waals surface area contributed by atoms with Crippen LogP contribution < -0.4 is 5.32 Å². The standard InChI is InChI=1S/C15H14N4O2/c1-10-8-13(15(20)16-14-9-11(2)21-18-14)19(17-10)12-6-4-3-5-7-12/h3-9H,1-2H3,(H,16,18,20). The second-order valence-electron chi connectivity index (χ2n) is 4.70. The Morgan fingerprint density at radius 2 is 1.95 bits per heavy atom. The van der Waals surface area contributed by atoms with Crippen LogP contribution in [-0.4, -0.2) is 20.8 Å². The van der Waals surface area contributed by atoms with Gasteiger partial charge in [-0.2, -0.15) is 5.10 Å². The summed E-state index contributed by atoms with van der Waals surface area (Å²) in [5, 5.41) is 10.8. The molecule has 21 heavy (non-hydrogen) atoms. The number of anilines is 1. The van der Waals surface area contributed by atoms with Crippen molar-refractivity contribution >= 4 is 11.7 Å². The first-order valence-corrected chi connectivity index (χ1v) is 6.50. The lowest BCUT2D eigenvalue weighted by atomic mass is 10.3. The van der Waals surface area contributed by atoms with Crippen LogP contribution in [0.25, 0.3) is 5.69 Å². The highest BCUT2D eigenvalue weighted by Crippen LogP contribution is 2.15. The molecule has 0 unspecified atom stereocenters. The predicted molar refractivity (Wildman–Crippen MR) is 77.5 cm³/mol. The van der Waals surface area contributed by atoms with Crippen LogP contribution in [-0.2, 0) is 0 Å². The van der Waals surface area contributed by atoms with E-state index in [2.05, 4.69) is 15.6 Å². The third kappa shape index (κ3) is 2.69. The summed E-state index contributed by atoms with van der Waals surface area (Å²) in [6.45, 7) is 3.61. The average Bonchev–Trinajstić information content (AvgIpc) is 3.06. The first-order valence-electron chi connectivity index (χ1n) is 6.50. The number of aryl methyl sites for hydroxylation is 2. The van der Waals surface area contributed by atoms with Crippen LogP contribution in [0.3, 0.4) is 0 Å². The largest absolute Gasteiger partial charge is 0.360 e. The molecule has 0 bridgehead atoms. The van der Waals surface area contributed by atoms with Crippen LogP contribution in [0.1, 0.15) is 21.9 Å². The molecule has 0 aliphatic heterocycles. The molecule has 3 aromatic rings. The Morgan fingerprint density at radius 1 is 1.19 bits per heavy atom. The number of hydrogen-bond donors (Lipinski definition) is 1. The predicted octanol–water partition coefficient (Wildman–Crippen LogP) is 2.73. The van der Waals surface area contributed by atoms with Crippen molar-refractivity contribution in [2.45, 2.75) is 13.8 Å². The van der Waals surface area contributed by atoms with Crippen molar-refractivity contribution in [1.29, 1.82) is 0 Å². The highest BCUT2D eigenvalue weighted by molar-refractivity contribution is 6.03. The van der Waals surface area contributed by atoms with E-state index in [1.807, 2.05) is 37.3 Å². The molecule has 6 nitrogen and oxygen atoms in total. The molecule has 6 heteroatoms. The number of rotatable bonds is 3. The molecule has 2 aromatic heterocycles. The van der Waals surface area contributed by atoms with Crippen LogP contribution in [0.5, 0.6) is 0 Å². The average molecular weight is 282 g/mol. The second-order valence-corrected chi connectivity index (χ2v) is 4.70. The highest BCUT2D eigenvalue weighted by Gasteiger charge is 2.16. The van der Waals surface area contributed by atoms with E-state index in [1.54, 1.807) is 23.7 Å². The number of benzene rings is 1. The Bertz CT molecular complexity index is 774. The first kappa shape index (κ1) is 13.1. The number of nitrogens with one attached hydrogen (secondary N) is 1. The minimum absolute atomic E-state index is 0.284. The van der Waals surface area contributed by atoms with Crippen LogP contribution in [0.2, 0.25) is 0 Å². The van der Waals surface area contributed by atoms with Gasteiger partial charge < -0.3 is 9.84 Å². The van der Waals surface area contributed by atoms with Crippen LogP contribution in [0, 0.1) is 13.8 Å². The summed E-state index contributed by atoms with van der Waals surface area (Å²) in [4.78, 5) is 12.4. The monoisotopic (exact) mass is 282 g/mol. The van der Waals surface area contributed by atoms with Gasteiger partial charge in [-0.3, -0.25) is 4.79 Å². The van der Waals surface area contributed by atoms with Gasteiger partial charge in [-0.1, -0.05) is 23.4 Å². The first-order chi connectivity index (χ1) is 10.1. The Labute approximate surface area is 121 Å². The zero-order valence-electron chi connectivity index (χ0n) is 11.7. The Kier molecular flexibility index (Phi) is 3.27. The van der Waals surface area contributed by atoms with Gasteiger partial charge in [0.25, 0.3) is 5.91 Å². The molecule has 106 valence electrons. The lowest BCUT2D eigenvalue weighted by Crippen LogP contribution is -2.17. The molecule has 0 saturated heterocycles. The molecule has 1 aromatic carbocycles. The molecule has 0 fully saturated rings. The number of hydrogen-bond acceptors (Lipinski definition) is 4. The summed E-state index contributed by atoms with van der Waals surface area (Å²) in [6.07, 6.45) is 0. The molecule has 0 aliphatic carbocycles. The lowest BCUT2D eigenvalue weighted by Gasteiger charge is -2.06. The topological polar surface area (TPSA) is 73.0 Å². The molecule has 0 atom stereocenters. The van der Waals surface area contributed by atoms with E-state index in [-0.39, 0.29) is 5.91 Å². The molecule has 2 heterocycles. The van der Waals surface area contributed by atoms with Crippen molar-refractivity contribution in [3.63, 3.8) is 0 Å². The van der Waals surface area contributed by atoms with Gasteiger partial charge in [0.15, 0.2) is 5.82 Å². The summed E-state index contributed by atoms with van der Waals surface area (Å²) >= 11 is 0. The number of amides is 1. The number of nitrogens with zero attached hydrogens (tertiary/aromatic N) is 3. The van der Waals surface area contributed by atoms with E-state index in [0.717, 1.165) is 11.4 Å². The summed E-state index contributed by atoms with van der Waals surface area (Å²) in [5.41, 5.74) is 2.03. The van der Waals surface area contributed by atoms with Crippen LogP contribution >= 0.6 is 0 Å². The van der Waals surface area contributed by atoms with Crippen molar-refractivity contribution in [1.82, 2.24) is 14.9 Å². The summed E-state index contributed by atoms with van der Waals surface area (Å²) in [6, 6.07) is 12.9. The van der Waals surface area contributed by atoms with Gasteiger partial charge in [0, 0.05) is 6.07 Å². The Morgan fingerprint density at radius 3 is 2.62 bits per heavy atom. The maximum absolute atomic E-state index is 12.4. The van der Waals surface area contributed by atoms with Gasteiger partial charge in [-0.25, -0.2) is 4.68 Å². The summed E-state index contributed by atoms with van der Waals surface area (Å²) < 4.78 is 6.54. The van der Waals surface area contributed by atoms with E-state index in [9.17, 15) is 4.79 Å². The van der Waals surface area contributed by atoms with E-state index < -0.39 is 0 Å². The zero-order chi connectivity index (χ0) is 14.8. The zero-order valence-corrected chi connectivity index (χ0v) is 11.7. The molecular weight excluding hydrogens is 268 g/mol. The van der Waals surface area contributed by atoms with Crippen molar-refractivity contribution < 1.29 is 9.32 Å². The van der Waals surface area contributed by atoms with E-state index >= 15 is 0 Å². The molecule has 0 spiro atoms. The number of carbonyl (C=O) groups excluding carboxylic acids is 1. The van der Waals surface area contributed by atoms with Gasteiger partial charge in [-0.15, -0.1) is 0 Å². The van der Waals surface area contributed by atoms with Gasteiger partial charge >= 0.3 is 0 Å². The van der Waals surface area contributed by atoms with Gasteiger partial charge in [0.2, 0.25) is 0 Å². The molecule has 0 aliphatic rings. The minimum Gasteiger partial charge on any atom is -0.360 e. The van der Waals surface area contributed by atoms with E-state index in [1.165, 1.54) is 0 Å². The van der Waals surface area contributed by atoms with Crippen molar-refractivity contribution in [2.24, 2.45) is 0 Å². The number of carbonyl (C=O) groups is 1. The second kappa shape index (κ2) is 5.24.